The number of rotatable bonds is 7. The van der Waals surface area contributed by atoms with Gasteiger partial charge in [-0.1, -0.05) is 67.6 Å². The van der Waals surface area contributed by atoms with Crippen LogP contribution < -0.4 is 0 Å². The van der Waals surface area contributed by atoms with E-state index >= 15 is 0 Å². The summed E-state index contributed by atoms with van der Waals surface area (Å²) >= 11 is 0. The molecule has 0 radical (unpaired) electrons. The fourth-order valence-corrected chi connectivity index (χ4v) is 5.35. The summed E-state index contributed by atoms with van der Waals surface area (Å²) < 4.78 is 4.55. The SMILES string of the molecule is CCCc1nc2c(C)cc(-c3nc4ccccc4n3C)cc2n1Cc1ccc(-c2ccc(CO)cc2)cc1. The Morgan fingerprint density at radius 2 is 1.45 bits per heavy atom. The Bertz CT molecular complexity index is 1740. The van der Waals surface area contributed by atoms with E-state index in [-0.39, 0.29) is 6.61 Å². The maximum Gasteiger partial charge on any atom is 0.140 e. The van der Waals surface area contributed by atoms with Crippen LogP contribution in [0.3, 0.4) is 0 Å². The first-order chi connectivity index (χ1) is 18.6. The number of benzene rings is 4. The molecule has 6 aromatic rings. The molecule has 2 heterocycles. The van der Waals surface area contributed by atoms with Crippen molar-refractivity contribution in [1.29, 1.82) is 0 Å². The van der Waals surface area contributed by atoms with Gasteiger partial charge in [0, 0.05) is 25.6 Å². The van der Waals surface area contributed by atoms with Gasteiger partial charge in [-0.2, -0.15) is 0 Å². The van der Waals surface area contributed by atoms with Crippen molar-refractivity contribution >= 4 is 22.1 Å². The molecule has 0 unspecified atom stereocenters. The van der Waals surface area contributed by atoms with E-state index in [2.05, 4.69) is 96.8 Å². The van der Waals surface area contributed by atoms with Gasteiger partial charge in [-0.25, -0.2) is 9.97 Å². The molecule has 0 amide bonds. The number of aliphatic hydroxyl groups is 1. The van der Waals surface area contributed by atoms with Crippen LogP contribution >= 0.6 is 0 Å². The lowest BCUT2D eigenvalue weighted by molar-refractivity contribution is 0.282. The molecule has 38 heavy (non-hydrogen) atoms. The largest absolute Gasteiger partial charge is 0.392 e. The lowest BCUT2D eigenvalue weighted by Crippen LogP contribution is -2.05. The highest BCUT2D eigenvalue weighted by atomic mass is 16.3. The van der Waals surface area contributed by atoms with Gasteiger partial charge in [-0.3, -0.25) is 0 Å². The molecule has 4 aromatic carbocycles. The number of imidazole rings is 2. The Kier molecular flexibility index (Phi) is 6.30. The highest BCUT2D eigenvalue weighted by Gasteiger charge is 2.17. The summed E-state index contributed by atoms with van der Waals surface area (Å²) in [6, 6.07) is 29.6. The molecule has 0 fully saturated rings. The number of nitrogens with zero attached hydrogens (tertiary/aromatic N) is 4. The van der Waals surface area contributed by atoms with E-state index in [1.54, 1.807) is 0 Å². The van der Waals surface area contributed by atoms with E-state index in [1.807, 2.05) is 18.2 Å². The second-order valence-corrected chi connectivity index (χ2v) is 10.1. The third-order valence-electron chi connectivity index (χ3n) is 7.41. The topological polar surface area (TPSA) is 55.9 Å². The quantitative estimate of drug-likeness (QED) is 0.255. The van der Waals surface area contributed by atoms with Gasteiger partial charge >= 0.3 is 0 Å². The molecular formula is C33H32N4O. The van der Waals surface area contributed by atoms with E-state index in [1.165, 1.54) is 16.7 Å². The zero-order chi connectivity index (χ0) is 26.2. The molecule has 0 bridgehead atoms. The first-order valence-corrected chi connectivity index (χ1v) is 13.3. The molecule has 5 heteroatoms. The van der Waals surface area contributed by atoms with Crippen molar-refractivity contribution < 1.29 is 5.11 Å². The van der Waals surface area contributed by atoms with Crippen LogP contribution in [-0.2, 0) is 26.6 Å². The fourth-order valence-electron chi connectivity index (χ4n) is 5.35. The van der Waals surface area contributed by atoms with Gasteiger partial charge in [-0.15, -0.1) is 0 Å². The van der Waals surface area contributed by atoms with E-state index in [9.17, 15) is 5.11 Å². The zero-order valence-corrected chi connectivity index (χ0v) is 22.1. The molecule has 1 N–H and O–H groups in total. The van der Waals surface area contributed by atoms with Gasteiger partial charge < -0.3 is 14.2 Å². The van der Waals surface area contributed by atoms with Gasteiger partial charge in [-0.05, 0) is 65.4 Å². The molecule has 0 atom stereocenters. The van der Waals surface area contributed by atoms with Crippen molar-refractivity contribution in [2.45, 2.75) is 39.8 Å². The maximum atomic E-state index is 9.33. The second-order valence-electron chi connectivity index (χ2n) is 10.1. The highest BCUT2D eigenvalue weighted by molar-refractivity contribution is 5.87. The van der Waals surface area contributed by atoms with Crippen LogP contribution in [0.25, 0.3) is 44.6 Å². The van der Waals surface area contributed by atoms with Crippen molar-refractivity contribution in [2.75, 3.05) is 0 Å². The van der Waals surface area contributed by atoms with Crippen LogP contribution in [0.15, 0.2) is 84.9 Å². The fraction of sp³-hybridized carbons (Fsp3) is 0.212. The first-order valence-electron chi connectivity index (χ1n) is 13.3. The van der Waals surface area contributed by atoms with Gasteiger partial charge in [0.2, 0.25) is 0 Å². The van der Waals surface area contributed by atoms with Gasteiger partial charge in [0.15, 0.2) is 0 Å². The third kappa shape index (κ3) is 4.29. The Morgan fingerprint density at radius 1 is 0.763 bits per heavy atom. The predicted molar refractivity (Wildman–Crippen MR) is 155 cm³/mol. The van der Waals surface area contributed by atoms with Crippen molar-refractivity contribution in [3.8, 4) is 22.5 Å². The number of para-hydroxylation sites is 2. The Balaban J connectivity index is 1.40. The molecule has 0 saturated carbocycles. The van der Waals surface area contributed by atoms with Crippen molar-refractivity contribution in [3.63, 3.8) is 0 Å². The van der Waals surface area contributed by atoms with Crippen molar-refractivity contribution in [3.05, 3.63) is 107 Å². The number of aryl methyl sites for hydroxylation is 3. The summed E-state index contributed by atoms with van der Waals surface area (Å²) in [5, 5.41) is 9.33. The lowest BCUT2D eigenvalue weighted by Gasteiger charge is -2.12. The number of aromatic nitrogens is 4. The summed E-state index contributed by atoms with van der Waals surface area (Å²) in [4.78, 5) is 10.1. The lowest BCUT2D eigenvalue weighted by atomic mass is 10.0. The normalized spacial score (nSPS) is 11.6. The second kappa shape index (κ2) is 9.92. The monoisotopic (exact) mass is 500 g/mol. The number of aliphatic hydroxyl groups excluding tert-OH is 1. The van der Waals surface area contributed by atoms with Crippen LogP contribution in [0, 0.1) is 6.92 Å². The summed E-state index contributed by atoms with van der Waals surface area (Å²) in [5.41, 5.74) is 11.1. The highest BCUT2D eigenvalue weighted by Crippen LogP contribution is 2.31. The van der Waals surface area contributed by atoms with E-state index in [4.69, 9.17) is 9.97 Å². The molecule has 0 spiro atoms. The van der Waals surface area contributed by atoms with E-state index < -0.39 is 0 Å². The summed E-state index contributed by atoms with van der Waals surface area (Å²) in [7, 11) is 2.09. The Hall–Kier alpha value is -4.22. The zero-order valence-electron chi connectivity index (χ0n) is 22.1. The molecule has 2 aromatic heterocycles. The summed E-state index contributed by atoms with van der Waals surface area (Å²) in [6.45, 7) is 5.19. The molecule has 0 saturated heterocycles. The van der Waals surface area contributed by atoms with Crippen LogP contribution in [0.5, 0.6) is 0 Å². The average molecular weight is 501 g/mol. The third-order valence-corrected chi connectivity index (χ3v) is 7.41. The van der Waals surface area contributed by atoms with Crippen LogP contribution in [0.2, 0.25) is 0 Å². The standard InChI is InChI=1S/C33H32N4O/c1-4-7-31-35-32-22(2)18-27(33-34-28-8-5-6-9-29(28)36(33)3)19-30(32)37(31)20-23-10-14-25(15-11-23)26-16-12-24(21-38)13-17-26/h5-6,8-19,38H,4,7,20-21H2,1-3H3. The number of hydrogen-bond acceptors (Lipinski definition) is 3. The summed E-state index contributed by atoms with van der Waals surface area (Å²) in [6.07, 6.45) is 1.98. The molecule has 0 aliphatic heterocycles. The molecule has 190 valence electrons. The minimum Gasteiger partial charge on any atom is -0.392 e. The van der Waals surface area contributed by atoms with Crippen LogP contribution in [0.1, 0.15) is 35.9 Å². The maximum absolute atomic E-state index is 9.33. The minimum absolute atomic E-state index is 0.0654. The molecule has 6 rings (SSSR count). The average Bonchev–Trinajstić information content (AvgIpc) is 3.47. The summed E-state index contributed by atoms with van der Waals surface area (Å²) in [5.74, 6) is 2.09. The number of hydrogen-bond donors (Lipinski definition) is 1. The van der Waals surface area contributed by atoms with E-state index in [0.29, 0.717) is 0 Å². The van der Waals surface area contributed by atoms with Crippen LogP contribution in [0.4, 0.5) is 0 Å². The molecular weight excluding hydrogens is 468 g/mol. The van der Waals surface area contributed by atoms with Gasteiger partial charge in [0.05, 0.1) is 28.7 Å². The van der Waals surface area contributed by atoms with Crippen molar-refractivity contribution in [2.24, 2.45) is 7.05 Å². The predicted octanol–water partition coefficient (Wildman–Crippen LogP) is 7.06. The molecule has 0 aliphatic rings. The molecule has 0 aliphatic carbocycles. The van der Waals surface area contributed by atoms with Gasteiger partial charge in [0.25, 0.3) is 0 Å². The minimum atomic E-state index is 0.0654. The van der Waals surface area contributed by atoms with Crippen molar-refractivity contribution in [1.82, 2.24) is 19.1 Å². The van der Waals surface area contributed by atoms with Gasteiger partial charge in [0.1, 0.15) is 11.6 Å². The Labute approximate surface area is 223 Å². The smallest absolute Gasteiger partial charge is 0.140 e. The Morgan fingerprint density at radius 3 is 2.11 bits per heavy atom. The van der Waals surface area contributed by atoms with E-state index in [0.717, 1.165) is 69.8 Å². The number of fused-ring (bicyclic) bond motifs is 2. The first kappa shape index (κ1) is 24.1. The van der Waals surface area contributed by atoms with Crippen LogP contribution in [-0.4, -0.2) is 24.2 Å². The molecule has 5 nitrogen and oxygen atoms in total.